The Labute approximate surface area is 142 Å². The molecule has 0 aliphatic rings. The maximum Gasteiger partial charge on any atom is 0.315 e. The van der Waals surface area contributed by atoms with E-state index in [-0.39, 0.29) is 38.7 Å². The van der Waals surface area contributed by atoms with Crippen LogP contribution in [0.5, 0.6) is 0 Å². The normalized spacial score (nSPS) is 10.7. The largest absolute Gasteiger partial charge is 0.394 e. The molecule has 0 radical (unpaired) electrons. The highest BCUT2D eigenvalue weighted by atomic mass is 35.5. The summed E-state index contributed by atoms with van der Waals surface area (Å²) in [6.45, 7) is 0.708. The molecule has 0 unspecified atom stereocenters. The van der Waals surface area contributed by atoms with Gasteiger partial charge in [0.1, 0.15) is 0 Å². The Hall–Kier alpha value is -1.67. The Morgan fingerprint density at radius 2 is 2.04 bits per heavy atom. The molecule has 0 atom stereocenters. The molecule has 0 aliphatic heterocycles. The van der Waals surface area contributed by atoms with Crippen LogP contribution in [0, 0.1) is 0 Å². The summed E-state index contributed by atoms with van der Waals surface area (Å²) in [7, 11) is 0. The van der Waals surface area contributed by atoms with Crippen molar-refractivity contribution >= 4 is 29.1 Å². The third kappa shape index (κ3) is 5.18. The zero-order chi connectivity index (χ0) is 16.7. The molecule has 2 aromatic rings. The molecule has 124 valence electrons. The molecule has 0 aliphatic carbocycles. The van der Waals surface area contributed by atoms with Crippen LogP contribution in [0.3, 0.4) is 0 Å². The molecule has 0 fully saturated rings. The predicted molar refractivity (Wildman–Crippen MR) is 83.8 cm³/mol. The number of hydrogen-bond donors (Lipinski definition) is 2. The number of benzene rings is 1. The molecule has 0 spiro atoms. The highest BCUT2D eigenvalue weighted by molar-refractivity contribution is 6.36. The molecule has 0 bridgehead atoms. The van der Waals surface area contributed by atoms with Crippen LogP contribution in [0.2, 0.25) is 10.0 Å². The van der Waals surface area contributed by atoms with Gasteiger partial charge in [-0.15, -0.1) is 0 Å². The van der Waals surface area contributed by atoms with E-state index in [1.165, 1.54) is 0 Å². The lowest BCUT2D eigenvalue weighted by atomic mass is 10.1. The fourth-order valence-electron chi connectivity index (χ4n) is 1.76. The highest BCUT2D eigenvalue weighted by Gasteiger charge is 2.16. The van der Waals surface area contributed by atoms with E-state index in [1.807, 2.05) is 0 Å². The van der Waals surface area contributed by atoms with Gasteiger partial charge in [-0.25, -0.2) is 0 Å². The lowest BCUT2D eigenvalue weighted by Crippen LogP contribution is -2.27. The summed E-state index contributed by atoms with van der Waals surface area (Å²) in [5, 5.41) is 15.8. The number of aliphatic hydroxyl groups excluding tert-OH is 1. The summed E-state index contributed by atoms with van der Waals surface area (Å²) in [6.07, 6.45) is 0.259. The molecule has 1 aromatic heterocycles. The minimum Gasteiger partial charge on any atom is -0.394 e. The summed E-state index contributed by atoms with van der Waals surface area (Å²) in [6, 6.07) is 5.16. The predicted octanol–water partition coefficient (Wildman–Crippen LogP) is 1.71. The zero-order valence-electron chi connectivity index (χ0n) is 12.1. The SMILES string of the molecule is O=C(NCCOCCO)c1nc(Cc2c(Cl)cccc2Cl)no1. The first-order valence-electron chi connectivity index (χ1n) is 6.84. The van der Waals surface area contributed by atoms with Crippen LogP contribution in [0.4, 0.5) is 0 Å². The summed E-state index contributed by atoms with van der Waals surface area (Å²) in [5.41, 5.74) is 0.668. The van der Waals surface area contributed by atoms with Gasteiger partial charge in [-0.3, -0.25) is 4.79 Å². The van der Waals surface area contributed by atoms with Crippen LogP contribution < -0.4 is 5.32 Å². The number of rotatable bonds is 8. The molecule has 1 amide bonds. The minimum absolute atomic E-state index is 0.0639. The minimum atomic E-state index is -0.499. The van der Waals surface area contributed by atoms with Crippen LogP contribution in [-0.2, 0) is 11.2 Å². The van der Waals surface area contributed by atoms with E-state index in [4.69, 9.17) is 37.6 Å². The molecule has 1 heterocycles. The van der Waals surface area contributed by atoms with E-state index in [2.05, 4.69) is 15.5 Å². The first-order chi connectivity index (χ1) is 11.1. The van der Waals surface area contributed by atoms with E-state index >= 15 is 0 Å². The number of nitrogens with one attached hydrogen (secondary N) is 1. The van der Waals surface area contributed by atoms with Gasteiger partial charge in [0.2, 0.25) is 0 Å². The number of hydrogen-bond acceptors (Lipinski definition) is 6. The Bertz CT molecular complexity index is 643. The average Bonchev–Trinajstić information content (AvgIpc) is 2.99. The standard InChI is InChI=1S/C14H15Cl2N3O4/c15-10-2-1-3-11(16)9(10)8-12-18-14(23-19-12)13(21)17-4-6-22-7-5-20/h1-3,20H,4-8H2,(H,17,21). The molecule has 7 nitrogen and oxygen atoms in total. The Kier molecular flexibility index (Phi) is 6.79. The van der Waals surface area contributed by atoms with Crippen molar-refractivity contribution in [1.29, 1.82) is 0 Å². The number of ether oxygens (including phenoxy) is 1. The summed E-state index contributed by atoms with van der Waals surface area (Å²) in [4.78, 5) is 15.8. The van der Waals surface area contributed by atoms with Crippen LogP contribution in [-0.4, -0.2) is 47.5 Å². The molecule has 9 heteroatoms. The molecule has 0 saturated carbocycles. The maximum atomic E-state index is 11.8. The quantitative estimate of drug-likeness (QED) is 0.696. The molecule has 23 heavy (non-hydrogen) atoms. The van der Waals surface area contributed by atoms with E-state index in [9.17, 15) is 4.79 Å². The second-order valence-corrected chi connectivity index (χ2v) is 5.30. The first-order valence-corrected chi connectivity index (χ1v) is 7.59. The summed E-state index contributed by atoms with van der Waals surface area (Å²) >= 11 is 12.2. The van der Waals surface area contributed by atoms with Crippen molar-refractivity contribution in [3.05, 3.63) is 45.5 Å². The van der Waals surface area contributed by atoms with E-state index in [0.29, 0.717) is 21.4 Å². The average molecular weight is 360 g/mol. The third-order valence-corrected chi connectivity index (χ3v) is 3.53. The lowest BCUT2D eigenvalue weighted by molar-refractivity contribution is 0.0811. The van der Waals surface area contributed by atoms with Crippen molar-refractivity contribution in [3.8, 4) is 0 Å². The third-order valence-electron chi connectivity index (χ3n) is 2.83. The fourth-order valence-corrected chi connectivity index (χ4v) is 2.29. The van der Waals surface area contributed by atoms with Crippen molar-refractivity contribution in [2.45, 2.75) is 6.42 Å². The number of aliphatic hydroxyl groups is 1. The summed E-state index contributed by atoms with van der Waals surface area (Å²) < 4.78 is 9.94. The Morgan fingerprint density at radius 1 is 1.30 bits per heavy atom. The zero-order valence-corrected chi connectivity index (χ0v) is 13.6. The van der Waals surface area contributed by atoms with Gasteiger partial charge in [0.05, 0.1) is 19.8 Å². The molecular formula is C14H15Cl2N3O4. The smallest absolute Gasteiger partial charge is 0.315 e. The van der Waals surface area contributed by atoms with Crippen molar-refractivity contribution in [1.82, 2.24) is 15.5 Å². The van der Waals surface area contributed by atoms with E-state index in [0.717, 1.165) is 0 Å². The van der Waals surface area contributed by atoms with Gasteiger partial charge >= 0.3 is 11.8 Å². The monoisotopic (exact) mass is 359 g/mol. The van der Waals surface area contributed by atoms with Crippen molar-refractivity contribution in [2.75, 3.05) is 26.4 Å². The highest BCUT2D eigenvalue weighted by Crippen LogP contribution is 2.26. The molecular weight excluding hydrogens is 345 g/mol. The van der Waals surface area contributed by atoms with Gasteiger partial charge in [0.25, 0.3) is 0 Å². The lowest BCUT2D eigenvalue weighted by Gasteiger charge is -2.03. The number of nitrogens with zero attached hydrogens (tertiary/aromatic N) is 2. The van der Waals surface area contributed by atoms with Gasteiger partial charge in [0.15, 0.2) is 5.82 Å². The molecule has 0 saturated heterocycles. The Balaban J connectivity index is 1.91. The Morgan fingerprint density at radius 3 is 2.74 bits per heavy atom. The fraction of sp³-hybridized carbons (Fsp3) is 0.357. The number of aromatic nitrogens is 2. The van der Waals surface area contributed by atoms with Crippen molar-refractivity contribution in [3.63, 3.8) is 0 Å². The topological polar surface area (TPSA) is 97.5 Å². The van der Waals surface area contributed by atoms with Crippen LogP contribution in [0.25, 0.3) is 0 Å². The van der Waals surface area contributed by atoms with Gasteiger partial charge < -0.3 is 19.7 Å². The van der Waals surface area contributed by atoms with Gasteiger partial charge in [-0.05, 0) is 17.7 Å². The second-order valence-electron chi connectivity index (χ2n) is 4.48. The molecule has 1 aromatic carbocycles. The van der Waals surface area contributed by atoms with Gasteiger partial charge in [-0.1, -0.05) is 34.4 Å². The number of amides is 1. The van der Waals surface area contributed by atoms with Gasteiger partial charge in [-0.2, -0.15) is 4.98 Å². The summed E-state index contributed by atoms with van der Waals surface area (Å²) in [5.74, 6) is -0.339. The van der Waals surface area contributed by atoms with Crippen LogP contribution >= 0.6 is 23.2 Å². The molecule has 2 N–H and O–H groups in total. The number of halogens is 2. The van der Waals surface area contributed by atoms with E-state index in [1.54, 1.807) is 18.2 Å². The number of carbonyl (C=O) groups excluding carboxylic acids is 1. The van der Waals surface area contributed by atoms with Crippen LogP contribution in [0.1, 0.15) is 22.1 Å². The van der Waals surface area contributed by atoms with Crippen molar-refractivity contribution < 1.29 is 19.2 Å². The van der Waals surface area contributed by atoms with Crippen molar-refractivity contribution in [2.24, 2.45) is 0 Å². The molecule has 2 rings (SSSR count). The van der Waals surface area contributed by atoms with E-state index < -0.39 is 5.91 Å². The van der Waals surface area contributed by atoms with Crippen LogP contribution in [0.15, 0.2) is 22.7 Å². The van der Waals surface area contributed by atoms with Gasteiger partial charge in [0, 0.05) is 23.0 Å². The number of carbonyl (C=O) groups is 1. The first kappa shape index (κ1) is 17.7. The maximum absolute atomic E-state index is 11.8. The second kappa shape index (κ2) is 8.83.